The van der Waals surface area contributed by atoms with Gasteiger partial charge in [0, 0.05) is 41.2 Å². The maximum atomic E-state index is 13.5. The van der Waals surface area contributed by atoms with E-state index in [4.69, 9.17) is 11.6 Å². The number of nitrogens with zero attached hydrogens (tertiary/aromatic N) is 2. The molecule has 0 fully saturated rings. The summed E-state index contributed by atoms with van der Waals surface area (Å²) in [5, 5.41) is 6.34. The van der Waals surface area contributed by atoms with E-state index in [0.29, 0.717) is 23.0 Å². The summed E-state index contributed by atoms with van der Waals surface area (Å²) in [5.41, 5.74) is 0.192. The van der Waals surface area contributed by atoms with Gasteiger partial charge in [0.2, 0.25) is 0 Å². The predicted octanol–water partition coefficient (Wildman–Crippen LogP) is 5.83. The van der Waals surface area contributed by atoms with Crippen LogP contribution in [0.15, 0.2) is 72.0 Å². The molecule has 0 aliphatic carbocycles. The van der Waals surface area contributed by atoms with E-state index in [1.807, 2.05) is 0 Å². The lowest BCUT2D eigenvalue weighted by Gasteiger charge is -2.15. The van der Waals surface area contributed by atoms with Gasteiger partial charge in [-0.3, -0.25) is 4.98 Å². The van der Waals surface area contributed by atoms with Gasteiger partial charge >= 0.3 is 6.18 Å². The number of halogens is 5. The van der Waals surface area contributed by atoms with Crippen molar-refractivity contribution < 1.29 is 21.6 Å². The highest BCUT2D eigenvalue weighted by Gasteiger charge is 2.34. The van der Waals surface area contributed by atoms with Crippen LogP contribution in [0, 0.1) is 0 Å². The van der Waals surface area contributed by atoms with Crippen molar-refractivity contribution in [3.63, 3.8) is 0 Å². The van der Waals surface area contributed by atoms with Crippen LogP contribution in [0.25, 0.3) is 10.9 Å². The first-order chi connectivity index (χ1) is 15.6. The van der Waals surface area contributed by atoms with E-state index in [2.05, 4.69) is 15.6 Å². The second-order valence-corrected chi connectivity index (χ2v) is 9.47. The maximum absolute atomic E-state index is 13.5. The van der Waals surface area contributed by atoms with Gasteiger partial charge in [0.15, 0.2) is 0 Å². The first kappa shape index (κ1) is 25.8. The molecule has 0 aliphatic rings. The lowest BCUT2D eigenvalue weighted by atomic mass is 10.1. The lowest BCUT2D eigenvalue weighted by molar-refractivity contribution is -0.136. The molecule has 2 aromatic carbocycles. The van der Waals surface area contributed by atoms with Crippen LogP contribution in [0.4, 0.5) is 24.5 Å². The summed E-state index contributed by atoms with van der Waals surface area (Å²) in [6.07, 6.45) is -0.423. The number of benzene rings is 2. The Bertz CT molecular complexity index is 1430. The van der Waals surface area contributed by atoms with E-state index >= 15 is 0 Å². The molecule has 2 N–H and O–H groups in total. The van der Waals surface area contributed by atoms with Crippen LogP contribution >= 0.6 is 24.0 Å². The number of pyridine rings is 1. The third-order valence-electron chi connectivity index (χ3n) is 4.98. The van der Waals surface area contributed by atoms with Crippen LogP contribution in [0.1, 0.15) is 11.1 Å². The highest BCUT2D eigenvalue weighted by molar-refractivity contribution is 7.90. The van der Waals surface area contributed by atoms with Crippen LogP contribution in [0.5, 0.6) is 0 Å². The first-order valence-corrected chi connectivity index (χ1v) is 11.5. The summed E-state index contributed by atoms with van der Waals surface area (Å²) in [6.45, 7) is 0.397. The number of aromatic nitrogens is 2. The van der Waals surface area contributed by atoms with Crippen molar-refractivity contribution >= 4 is 56.3 Å². The Morgan fingerprint density at radius 3 is 2.53 bits per heavy atom. The summed E-state index contributed by atoms with van der Waals surface area (Å²) in [7, 11) is -2.26. The molecule has 2 heterocycles. The van der Waals surface area contributed by atoms with Crippen molar-refractivity contribution in [1.82, 2.24) is 14.3 Å². The standard InChI is InChI=1S/C22H18ClF3N4O2S.ClH/c1-27-11-14-13-30(33(31,32)17-3-2-8-28-12-17)21-10-16(5-6-18(14)21)29-20-7-4-15(23)9-19(20)22(24,25)26;/h2-10,12-13,27,29H,11H2,1H3;1H. The minimum atomic E-state index is -4.62. The minimum Gasteiger partial charge on any atom is -0.355 e. The van der Waals surface area contributed by atoms with E-state index in [0.717, 1.165) is 10.0 Å². The molecule has 4 aromatic rings. The molecule has 2 aromatic heterocycles. The van der Waals surface area contributed by atoms with Crippen molar-refractivity contribution in [3.05, 3.63) is 83.3 Å². The molecule has 0 radical (unpaired) electrons. The first-order valence-electron chi connectivity index (χ1n) is 9.69. The molecule has 0 unspecified atom stereocenters. The van der Waals surface area contributed by atoms with Crippen LogP contribution in [-0.2, 0) is 22.7 Å². The van der Waals surface area contributed by atoms with E-state index in [1.54, 1.807) is 19.2 Å². The number of rotatable bonds is 6. The van der Waals surface area contributed by atoms with E-state index < -0.39 is 21.8 Å². The highest BCUT2D eigenvalue weighted by atomic mass is 35.5. The summed E-state index contributed by atoms with van der Waals surface area (Å²) in [6, 6.07) is 11.1. The number of nitrogens with one attached hydrogen (secondary N) is 2. The van der Waals surface area contributed by atoms with Crippen molar-refractivity contribution in [2.75, 3.05) is 12.4 Å². The van der Waals surface area contributed by atoms with Gasteiger partial charge in [-0.1, -0.05) is 17.7 Å². The number of hydrogen-bond acceptors (Lipinski definition) is 5. The fourth-order valence-electron chi connectivity index (χ4n) is 3.50. The highest BCUT2D eigenvalue weighted by Crippen LogP contribution is 2.38. The average molecular weight is 531 g/mol. The van der Waals surface area contributed by atoms with Gasteiger partial charge < -0.3 is 10.6 Å². The smallest absolute Gasteiger partial charge is 0.355 e. The van der Waals surface area contributed by atoms with Gasteiger partial charge in [-0.15, -0.1) is 12.4 Å². The zero-order valence-electron chi connectivity index (χ0n) is 17.6. The van der Waals surface area contributed by atoms with Crippen molar-refractivity contribution in [2.24, 2.45) is 0 Å². The van der Waals surface area contributed by atoms with E-state index in [9.17, 15) is 21.6 Å². The second-order valence-electron chi connectivity index (χ2n) is 7.22. The van der Waals surface area contributed by atoms with Crippen molar-refractivity contribution in [1.29, 1.82) is 0 Å². The molecule has 0 aliphatic heterocycles. The number of alkyl halides is 3. The third kappa shape index (κ3) is 5.00. The topological polar surface area (TPSA) is 76.0 Å². The largest absolute Gasteiger partial charge is 0.418 e. The Morgan fingerprint density at radius 2 is 1.88 bits per heavy atom. The Labute approximate surface area is 205 Å². The summed E-state index contributed by atoms with van der Waals surface area (Å²) in [5.74, 6) is 0. The quantitative estimate of drug-likeness (QED) is 0.328. The Morgan fingerprint density at radius 1 is 1.12 bits per heavy atom. The van der Waals surface area contributed by atoms with Crippen LogP contribution < -0.4 is 10.6 Å². The van der Waals surface area contributed by atoms with E-state index in [1.165, 1.54) is 48.9 Å². The van der Waals surface area contributed by atoms with E-state index in [-0.39, 0.29) is 33.7 Å². The van der Waals surface area contributed by atoms with Crippen LogP contribution in [0.3, 0.4) is 0 Å². The SMILES string of the molecule is CNCc1cn(S(=O)(=O)c2cccnc2)c2cc(Nc3ccc(Cl)cc3C(F)(F)F)ccc12.Cl. The number of fused-ring (bicyclic) bond motifs is 1. The molecule has 0 amide bonds. The molecule has 6 nitrogen and oxygen atoms in total. The average Bonchev–Trinajstić information content (AvgIpc) is 3.14. The minimum absolute atomic E-state index is 0. The molecule has 12 heteroatoms. The molecule has 4 rings (SSSR count). The molecule has 0 atom stereocenters. The van der Waals surface area contributed by atoms with Gasteiger partial charge in [0.25, 0.3) is 10.0 Å². The Kier molecular flexibility index (Phi) is 7.47. The third-order valence-corrected chi connectivity index (χ3v) is 6.87. The van der Waals surface area contributed by atoms with Crippen LogP contribution in [0.2, 0.25) is 5.02 Å². The molecular weight excluding hydrogens is 512 g/mol. The molecule has 180 valence electrons. The Hall–Kier alpha value is -2.79. The summed E-state index contributed by atoms with van der Waals surface area (Å²) >= 11 is 5.76. The monoisotopic (exact) mass is 530 g/mol. The lowest BCUT2D eigenvalue weighted by Crippen LogP contribution is -2.12. The number of hydrogen-bond donors (Lipinski definition) is 2. The molecule has 0 spiro atoms. The van der Waals surface area contributed by atoms with Gasteiger partial charge in [-0.25, -0.2) is 12.4 Å². The van der Waals surface area contributed by atoms with Crippen molar-refractivity contribution in [2.45, 2.75) is 17.6 Å². The van der Waals surface area contributed by atoms with Gasteiger partial charge in [-0.2, -0.15) is 13.2 Å². The second kappa shape index (κ2) is 9.83. The molecule has 0 saturated heterocycles. The zero-order chi connectivity index (χ0) is 23.8. The Balaban J connectivity index is 0.00000324. The zero-order valence-corrected chi connectivity index (χ0v) is 20.0. The van der Waals surface area contributed by atoms with Gasteiger partial charge in [0.1, 0.15) is 4.90 Å². The van der Waals surface area contributed by atoms with Crippen LogP contribution in [-0.4, -0.2) is 24.4 Å². The normalized spacial score (nSPS) is 11.9. The molecule has 0 bridgehead atoms. The summed E-state index contributed by atoms with van der Waals surface area (Å²) < 4.78 is 68.1. The fraction of sp³-hybridized carbons (Fsp3) is 0.136. The summed E-state index contributed by atoms with van der Waals surface area (Å²) in [4.78, 5) is 3.87. The van der Waals surface area contributed by atoms with Crippen molar-refractivity contribution in [3.8, 4) is 0 Å². The number of anilines is 2. The molecule has 34 heavy (non-hydrogen) atoms. The molecule has 0 saturated carbocycles. The fourth-order valence-corrected chi connectivity index (χ4v) is 5.02. The maximum Gasteiger partial charge on any atom is 0.418 e. The van der Waals surface area contributed by atoms with Gasteiger partial charge in [-0.05, 0) is 55.1 Å². The van der Waals surface area contributed by atoms with Gasteiger partial charge in [0.05, 0.1) is 16.8 Å². The molecular formula is C22H19Cl2F3N4O2S. The predicted molar refractivity (Wildman–Crippen MR) is 129 cm³/mol.